The highest BCUT2D eigenvalue weighted by Gasteiger charge is 2.35. The van der Waals surface area contributed by atoms with Crippen LogP contribution in [0.25, 0.3) is 0 Å². The van der Waals surface area contributed by atoms with Crippen molar-refractivity contribution in [2.75, 3.05) is 6.54 Å². The van der Waals surface area contributed by atoms with Crippen LogP contribution in [0.2, 0.25) is 5.02 Å². The van der Waals surface area contributed by atoms with Crippen molar-refractivity contribution >= 4 is 35.8 Å². The molecule has 1 aliphatic carbocycles. The predicted molar refractivity (Wildman–Crippen MR) is 94.0 cm³/mol. The Morgan fingerprint density at radius 1 is 1.26 bits per heavy atom. The Bertz CT molecular complexity index is 543. The van der Waals surface area contributed by atoms with E-state index in [1.807, 2.05) is 0 Å². The molecule has 1 unspecified atom stereocenters. The average molecular weight is 360 g/mol. The number of rotatable bonds is 5. The van der Waals surface area contributed by atoms with Crippen molar-refractivity contribution in [3.8, 4) is 0 Å². The summed E-state index contributed by atoms with van der Waals surface area (Å²) in [5, 5.41) is 6.27. The second-order valence-corrected chi connectivity index (χ2v) is 6.32. The molecule has 5 nitrogen and oxygen atoms in total. The van der Waals surface area contributed by atoms with Crippen LogP contribution >= 0.6 is 24.0 Å². The Morgan fingerprint density at radius 3 is 2.35 bits per heavy atom. The number of carbonyl (C=O) groups excluding carboxylic acids is 2. The second-order valence-electron chi connectivity index (χ2n) is 5.88. The lowest BCUT2D eigenvalue weighted by atomic mass is 9.97. The maximum atomic E-state index is 12.3. The fourth-order valence-electron chi connectivity index (χ4n) is 2.75. The molecule has 2 rings (SSSR count). The van der Waals surface area contributed by atoms with Gasteiger partial charge >= 0.3 is 0 Å². The van der Waals surface area contributed by atoms with E-state index in [1.54, 1.807) is 31.2 Å². The zero-order valence-corrected chi connectivity index (χ0v) is 14.7. The van der Waals surface area contributed by atoms with Gasteiger partial charge in [-0.25, -0.2) is 0 Å². The molecular weight excluding hydrogens is 337 g/mol. The normalized spacial score (nSPS) is 17.0. The molecule has 0 heterocycles. The van der Waals surface area contributed by atoms with Gasteiger partial charge in [-0.2, -0.15) is 0 Å². The molecule has 1 aliphatic rings. The Morgan fingerprint density at radius 2 is 1.83 bits per heavy atom. The Balaban J connectivity index is 0.00000264. The first-order valence-corrected chi connectivity index (χ1v) is 7.92. The maximum Gasteiger partial charge on any atom is 0.251 e. The van der Waals surface area contributed by atoms with Gasteiger partial charge in [-0.05, 0) is 44.0 Å². The first-order chi connectivity index (χ1) is 10.5. The van der Waals surface area contributed by atoms with E-state index >= 15 is 0 Å². The molecule has 1 fully saturated rings. The molecule has 7 heteroatoms. The number of hydrogen-bond donors (Lipinski definition) is 3. The van der Waals surface area contributed by atoms with Crippen LogP contribution in [-0.4, -0.2) is 29.9 Å². The highest BCUT2D eigenvalue weighted by atomic mass is 35.5. The van der Waals surface area contributed by atoms with Crippen molar-refractivity contribution in [3.05, 3.63) is 34.9 Å². The van der Waals surface area contributed by atoms with Gasteiger partial charge in [0.25, 0.3) is 5.91 Å². The standard InChI is InChI=1S/C16H22ClN3O2.ClH/c1-11(14(21)20-16(10-18)8-2-3-9-16)19-15(22)12-4-6-13(17)7-5-12;/h4-7,11H,2-3,8-10,18H2,1H3,(H,19,22)(H,20,21);1H. The predicted octanol–water partition coefficient (Wildman–Crippen LogP) is 2.27. The summed E-state index contributed by atoms with van der Waals surface area (Å²) in [7, 11) is 0. The highest BCUT2D eigenvalue weighted by molar-refractivity contribution is 6.30. The number of amides is 2. The van der Waals surface area contributed by atoms with Gasteiger partial charge in [-0.15, -0.1) is 12.4 Å². The first kappa shape index (κ1) is 19.7. The Labute approximate surface area is 147 Å². The lowest BCUT2D eigenvalue weighted by Crippen LogP contribution is -2.56. The van der Waals surface area contributed by atoms with Crippen LogP contribution in [0.1, 0.15) is 43.0 Å². The lowest BCUT2D eigenvalue weighted by molar-refractivity contribution is -0.124. The summed E-state index contributed by atoms with van der Waals surface area (Å²) < 4.78 is 0. The molecule has 0 bridgehead atoms. The third-order valence-electron chi connectivity index (χ3n) is 4.19. The summed E-state index contributed by atoms with van der Waals surface area (Å²) in [6, 6.07) is 5.92. The summed E-state index contributed by atoms with van der Waals surface area (Å²) in [5.41, 5.74) is 5.97. The number of nitrogens with two attached hydrogens (primary N) is 1. The van der Waals surface area contributed by atoms with Crippen LogP contribution < -0.4 is 16.4 Å². The third-order valence-corrected chi connectivity index (χ3v) is 4.44. The smallest absolute Gasteiger partial charge is 0.251 e. The zero-order valence-electron chi connectivity index (χ0n) is 13.1. The molecule has 0 saturated heterocycles. The fraction of sp³-hybridized carbons (Fsp3) is 0.500. The fourth-order valence-corrected chi connectivity index (χ4v) is 2.87. The van der Waals surface area contributed by atoms with Gasteiger partial charge in [0, 0.05) is 17.1 Å². The molecule has 0 spiro atoms. The van der Waals surface area contributed by atoms with Gasteiger partial charge < -0.3 is 16.4 Å². The van der Waals surface area contributed by atoms with Gasteiger partial charge in [0.1, 0.15) is 6.04 Å². The van der Waals surface area contributed by atoms with E-state index in [2.05, 4.69) is 10.6 Å². The van der Waals surface area contributed by atoms with Crippen molar-refractivity contribution in [2.45, 2.75) is 44.2 Å². The minimum absolute atomic E-state index is 0. The highest BCUT2D eigenvalue weighted by Crippen LogP contribution is 2.28. The summed E-state index contributed by atoms with van der Waals surface area (Å²) in [4.78, 5) is 24.4. The lowest BCUT2D eigenvalue weighted by Gasteiger charge is -2.30. The maximum absolute atomic E-state index is 12.3. The number of halogens is 2. The molecule has 1 saturated carbocycles. The first-order valence-electron chi connectivity index (χ1n) is 7.54. The molecule has 2 amide bonds. The topological polar surface area (TPSA) is 84.2 Å². The van der Waals surface area contributed by atoms with E-state index in [9.17, 15) is 9.59 Å². The molecule has 1 atom stereocenters. The summed E-state index contributed by atoms with van der Waals surface area (Å²) >= 11 is 5.79. The van der Waals surface area contributed by atoms with Crippen LogP contribution in [0.15, 0.2) is 24.3 Å². The van der Waals surface area contributed by atoms with Gasteiger partial charge in [0.05, 0.1) is 5.54 Å². The van der Waals surface area contributed by atoms with E-state index in [1.165, 1.54) is 0 Å². The summed E-state index contributed by atoms with van der Waals surface area (Å²) in [6.45, 7) is 2.10. The Hall–Kier alpha value is -1.30. The van der Waals surface area contributed by atoms with Crippen molar-refractivity contribution in [3.63, 3.8) is 0 Å². The number of carbonyl (C=O) groups is 2. The SMILES string of the molecule is CC(NC(=O)c1ccc(Cl)cc1)C(=O)NC1(CN)CCCC1.Cl. The number of hydrogen-bond acceptors (Lipinski definition) is 3. The van der Waals surface area contributed by atoms with Crippen molar-refractivity contribution < 1.29 is 9.59 Å². The average Bonchev–Trinajstić information content (AvgIpc) is 2.96. The van der Waals surface area contributed by atoms with Gasteiger partial charge in [0.15, 0.2) is 0 Å². The molecular formula is C16H23Cl2N3O2. The molecule has 1 aromatic carbocycles. The quantitative estimate of drug-likeness (QED) is 0.753. The second kappa shape index (κ2) is 8.52. The summed E-state index contributed by atoms with van der Waals surface area (Å²) in [6.07, 6.45) is 3.94. The Kier molecular flexibility index (Phi) is 7.32. The molecule has 0 aliphatic heterocycles. The summed E-state index contributed by atoms with van der Waals surface area (Å²) in [5.74, 6) is -0.498. The minimum atomic E-state index is -0.618. The van der Waals surface area contributed by atoms with Crippen molar-refractivity contribution in [1.82, 2.24) is 10.6 Å². The molecule has 1 aromatic rings. The van der Waals surface area contributed by atoms with E-state index < -0.39 is 6.04 Å². The monoisotopic (exact) mass is 359 g/mol. The van der Waals surface area contributed by atoms with Crippen molar-refractivity contribution in [2.24, 2.45) is 5.73 Å². The molecule has 4 N–H and O–H groups in total. The van der Waals surface area contributed by atoms with E-state index in [0.717, 1.165) is 25.7 Å². The van der Waals surface area contributed by atoms with Crippen molar-refractivity contribution in [1.29, 1.82) is 0 Å². The van der Waals surface area contributed by atoms with Crippen LogP contribution in [0, 0.1) is 0 Å². The van der Waals surface area contributed by atoms with E-state index in [0.29, 0.717) is 17.1 Å². The third kappa shape index (κ3) is 5.09. The van der Waals surface area contributed by atoms with E-state index in [4.69, 9.17) is 17.3 Å². The number of benzene rings is 1. The zero-order chi connectivity index (χ0) is 16.2. The van der Waals surface area contributed by atoms with Gasteiger partial charge in [-0.3, -0.25) is 9.59 Å². The van der Waals surface area contributed by atoms with Crippen LogP contribution in [0.5, 0.6) is 0 Å². The number of nitrogens with one attached hydrogen (secondary N) is 2. The molecule has 0 radical (unpaired) electrons. The molecule has 23 heavy (non-hydrogen) atoms. The minimum Gasteiger partial charge on any atom is -0.348 e. The molecule has 128 valence electrons. The van der Waals surface area contributed by atoms with Crippen LogP contribution in [0.3, 0.4) is 0 Å². The largest absolute Gasteiger partial charge is 0.348 e. The van der Waals surface area contributed by atoms with Crippen LogP contribution in [0.4, 0.5) is 0 Å². The van der Waals surface area contributed by atoms with E-state index in [-0.39, 0.29) is 29.8 Å². The van der Waals surface area contributed by atoms with Gasteiger partial charge in [0.2, 0.25) is 5.91 Å². The van der Waals surface area contributed by atoms with Crippen LogP contribution in [-0.2, 0) is 4.79 Å². The van der Waals surface area contributed by atoms with Gasteiger partial charge in [-0.1, -0.05) is 24.4 Å². The molecule has 0 aromatic heterocycles.